The summed E-state index contributed by atoms with van der Waals surface area (Å²) in [5.74, 6) is 0. The molecule has 68 valence electrons. The van der Waals surface area contributed by atoms with Crippen LogP contribution in [0.3, 0.4) is 0 Å². The van der Waals surface area contributed by atoms with Gasteiger partial charge in [-0.15, -0.1) is 0 Å². The Hall–Kier alpha value is 0.137. The minimum absolute atomic E-state index is 0.779. The van der Waals surface area contributed by atoms with Gasteiger partial charge in [-0.05, 0) is 12.7 Å². The number of rotatable bonds is 5. The van der Waals surface area contributed by atoms with E-state index in [0.29, 0.717) is 0 Å². The zero-order valence-corrected chi connectivity index (χ0v) is 9.48. The molecular formula is C8H21NOSi. The fourth-order valence-electron chi connectivity index (χ4n) is 1.10. The van der Waals surface area contributed by atoms with Crippen molar-refractivity contribution < 1.29 is 4.74 Å². The van der Waals surface area contributed by atoms with Crippen molar-refractivity contribution in [2.24, 2.45) is 0 Å². The topological polar surface area (TPSA) is 12.5 Å². The van der Waals surface area contributed by atoms with Crippen LogP contribution in [0.25, 0.3) is 0 Å². The third kappa shape index (κ3) is 6.53. The standard InChI is InChI=1S/C8H21NOSi/c1-6-9(7-10-2)8-11(3,4)5/h6-8H2,1-5H3. The Morgan fingerprint density at radius 1 is 1.27 bits per heavy atom. The third-order valence-corrected chi connectivity index (χ3v) is 2.85. The highest BCUT2D eigenvalue weighted by Crippen LogP contribution is 2.03. The molecule has 2 nitrogen and oxygen atoms in total. The summed E-state index contributed by atoms with van der Waals surface area (Å²) >= 11 is 0. The first-order valence-corrected chi connectivity index (χ1v) is 7.91. The number of methoxy groups -OCH3 is 1. The second-order valence-electron chi connectivity index (χ2n) is 4.12. The van der Waals surface area contributed by atoms with Crippen LogP contribution in [-0.2, 0) is 4.74 Å². The van der Waals surface area contributed by atoms with E-state index in [1.807, 2.05) is 0 Å². The molecule has 0 aromatic rings. The molecule has 0 aliphatic rings. The highest BCUT2D eigenvalue weighted by Gasteiger charge is 2.16. The average molecular weight is 175 g/mol. The Morgan fingerprint density at radius 2 is 1.82 bits per heavy atom. The van der Waals surface area contributed by atoms with Crippen molar-refractivity contribution in [3.05, 3.63) is 0 Å². The molecule has 0 aromatic carbocycles. The van der Waals surface area contributed by atoms with Crippen LogP contribution in [0.2, 0.25) is 19.6 Å². The van der Waals surface area contributed by atoms with E-state index in [9.17, 15) is 0 Å². The molecule has 0 aliphatic carbocycles. The van der Waals surface area contributed by atoms with Crippen LogP contribution in [-0.4, -0.2) is 39.5 Å². The van der Waals surface area contributed by atoms with Crippen molar-refractivity contribution in [3.8, 4) is 0 Å². The van der Waals surface area contributed by atoms with Crippen LogP contribution in [0.4, 0.5) is 0 Å². The molecule has 0 aliphatic heterocycles. The van der Waals surface area contributed by atoms with Gasteiger partial charge in [0, 0.05) is 7.11 Å². The van der Waals surface area contributed by atoms with Gasteiger partial charge in [-0.25, -0.2) is 0 Å². The number of nitrogens with zero attached hydrogens (tertiary/aromatic N) is 1. The van der Waals surface area contributed by atoms with E-state index in [-0.39, 0.29) is 0 Å². The van der Waals surface area contributed by atoms with E-state index < -0.39 is 8.07 Å². The lowest BCUT2D eigenvalue weighted by atomic mass is 10.7. The smallest absolute Gasteiger partial charge is 0.0983 e. The largest absolute Gasteiger partial charge is 0.369 e. The summed E-state index contributed by atoms with van der Waals surface area (Å²) < 4.78 is 5.09. The molecule has 0 atom stereocenters. The van der Waals surface area contributed by atoms with Gasteiger partial charge in [-0.1, -0.05) is 26.6 Å². The Labute approximate surface area is 71.5 Å². The Morgan fingerprint density at radius 3 is 2.09 bits per heavy atom. The second-order valence-corrected chi connectivity index (χ2v) is 9.56. The number of hydrogen-bond donors (Lipinski definition) is 0. The van der Waals surface area contributed by atoms with Crippen LogP contribution in [0.1, 0.15) is 6.92 Å². The Kier molecular flexibility index (Phi) is 4.96. The molecular weight excluding hydrogens is 154 g/mol. The summed E-state index contributed by atoms with van der Waals surface area (Å²) in [6.45, 7) is 11.2. The first kappa shape index (κ1) is 11.1. The van der Waals surface area contributed by atoms with E-state index >= 15 is 0 Å². The minimum Gasteiger partial charge on any atom is -0.369 e. The van der Waals surface area contributed by atoms with Gasteiger partial charge >= 0.3 is 0 Å². The van der Waals surface area contributed by atoms with Crippen molar-refractivity contribution in [1.82, 2.24) is 4.90 Å². The highest BCUT2D eigenvalue weighted by molar-refractivity contribution is 6.76. The molecule has 0 N–H and O–H groups in total. The van der Waals surface area contributed by atoms with Crippen LogP contribution in [0, 0.1) is 0 Å². The van der Waals surface area contributed by atoms with Crippen molar-refractivity contribution >= 4 is 8.07 Å². The SMILES string of the molecule is CCN(COC)C[Si](C)(C)C. The molecule has 0 unspecified atom stereocenters. The van der Waals surface area contributed by atoms with Gasteiger partial charge in [0.05, 0.1) is 14.8 Å². The second kappa shape index (κ2) is 4.90. The molecule has 0 spiro atoms. The van der Waals surface area contributed by atoms with Crippen LogP contribution in [0.5, 0.6) is 0 Å². The van der Waals surface area contributed by atoms with Gasteiger partial charge in [0.2, 0.25) is 0 Å². The molecule has 3 heteroatoms. The molecule has 11 heavy (non-hydrogen) atoms. The summed E-state index contributed by atoms with van der Waals surface area (Å²) in [7, 11) is 0.824. The van der Waals surface area contributed by atoms with Crippen LogP contribution < -0.4 is 0 Å². The summed E-state index contributed by atoms with van der Waals surface area (Å²) in [6, 6.07) is 0. The average Bonchev–Trinajstić information content (AvgIpc) is 1.84. The molecule has 0 aromatic heterocycles. The molecule has 0 rings (SSSR count). The normalized spacial score (nSPS) is 12.5. The fourth-order valence-corrected chi connectivity index (χ4v) is 2.76. The van der Waals surface area contributed by atoms with E-state index in [1.54, 1.807) is 7.11 Å². The number of hydrogen-bond acceptors (Lipinski definition) is 2. The van der Waals surface area contributed by atoms with Crippen molar-refractivity contribution in [2.75, 3.05) is 26.6 Å². The lowest BCUT2D eigenvalue weighted by molar-refractivity contribution is 0.0785. The predicted octanol–water partition coefficient (Wildman–Crippen LogP) is 1.79. The maximum atomic E-state index is 5.09. The van der Waals surface area contributed by atoms with Crippen molar-refractivity contribution in [1.29, 1.82) is 0 Å². The highest BCUT2D eigenvalue weighted by atomic mass is 28.3. The maximum Gasteiger partial charge on any atom is 0.0983 e. The van der Waals surface area contributed by atoms with Gasteiger partial charge in [0.1, 0.15) is 0 Å². The van der Waals surface area contributed by atoms with Crippen LogP contribution in [0.15, 0.2) is 0 Å². The molecule has 0 radical (unpaired) electrons. The lowest BCUT2D eigenvalue weighted by Crippen LogP contribution is -2.40. The zero-order chi connectivity index (χ0) is 8.91. The van der Waals surface area contributed by atoms with E-state index in [0.717, 1.165) is 13.3 Å². The minimum atomic E-state index is -0.933. The van der Waals surface area contributed by atoms with Gasteiger partial charge in [0.25, 0.3) is 0 Å². The summed E-state index contributed by atoms with van der Waals surface area (Å²) in [6.07, 6.45) is 1.23. The molecule has 0 fully saturated rings. The van der Waals surface area contributed by atoms with E-state index in [1.165, 1.54) is 6.17 Å². The summed E-state index contributed by atoms with van der Waals surface area (Å²) in [5.41, 5.74) is 0. The van der Waals surface area contributed by atoms with Gasteiger partial charge in [-0.2, -0.15) is 0 Å². The predicted molar refractivity (Wildman–Crippen MR) is 52.5 cm³/mol. The van der Waals surface area contributed by atoms with Crippen molar-refractivity contribution in [2.45, 2.75) is 26.6 Å². The monoisotopic (exact) mass is 175 g/mol. The Bertz CT molecular complexity index is 101. The van der Waals surface area contributed by atoms with Gasteiger partial charge in [-0.3, -0.25) is 4.90 Å². The Balaban J connectivity index is 3.68. The van der Waals surface area contributed by atoms with Crippen LogP contribution >= 0.6 is 0 Å². The quantitative estimate of drug-likeness (QED) is 0.466. The van der Waals surface area contributed by atoms with E-state index in [2.05, 4.69) is 31.5 Å². The maximum absolute atomic E-state index is 5.09. The van der Waals surface area contributed by atoms with E-state index in [4.69, 9.17) is 4.74 Å². The van der Waals surface area contributed by atoms with Crippen molar-refractivity contribution in [3.63, 3.8) is 0 Å². The fraction of sp³-hybridized carbons (Fsp3) is 1.00. The molecule has 0 saturated carbocycles. The molecule has 0 saturated heterocycles. The zero-order valence-electron chi connectivity index (χ0n) is 8.48. The number of ether oxygens (including phenoxy) is 1. The molecule has 0 heterocycles. The molecule has 0 amide bonds. The lowest BCUT2D eigenvalue weighted by Gasteiger charge is -2.26. The first-order valence-electron chi connectivity index (χ1n) is 4.21. The molecule has 0 bridgehead atoms. The first-order chi connectivity index (χ1) is 4.99. The summed E-state index contributed by atoms with van der Waals surface area (Å²) in [4.78, 5) is 2.35. The third-order valence-electron chi connectivity index (χ3n) is 1.46. The summed E-state index contributed by atoms with van der Waals surface area (Å²) in [5, 5.41) is 0. The van der Waals surface area contributed by atoms with Gasteiger partial charge < -0.3 is 4.74 Å². The van der Waals surface area contributed by atoms with Gasteiger partial charge in [0.15, 0.2) is 0 Å².